The molecule has 0 bridgehead atoms. The van der Waals surface area contributed by atoms with Crippen molar-refractivity contribution in [2.24, 2.45) is 5.92 Å². The van der Waals surface area contributed by atoms with E-state index < -0.39 is 0 Å². The molecule has 1 fully saturated rings. The zero-order valence-corrected chi connectivity index (χ0v) is 9.69. The Kier molecular flexibility index (Phi) is 5.14. The molecule has 0 aromatic rings. The Balaban J connectivity index is 2.32. The summed E-state index contributed by atoms with van der Waals surface area (Å²) in [7, 11) is 4.29. The van der Waals surface area contributed by atoms with Crippen LogP contribution in [-0.2, 0) is 0 Å². The third-order valence-electron chi connectivity index (χ3n) is 3.14. The van der Waals surface area contributed by atoms with Gasteiger partial charge in [-0.05, 0) is 58.1 Å². The molecule has 0 aromatic heterocycles. The first kappa shape index (κ1) is 11.3. The first-order valence-electron chi connectivity index (χ1n) is 5.24. The fraction of sp³-hybridized carbons (Fsp3) is 1.00. The van der Waals surface area contributed by atoms with Gasteiger partial charge >= 0.3 is 0 Å². The average Bonchev–Trinajstić information content (AvgIpc) is 2.16. The van der Waals surface area contributed by atoms with E-state index in [9.17, 15) is 0 Å². The molecule has 0 aromatic carbocycles. The van der Waals surface area contributed by atoms with Crippen LogP contribution in [0.15, 0.2) is 0 Å². The van der Waals surface area contributed by atoms with Crippen LogP contribution in [0, 0.1) is 5.92 Å². The summed E-state index contributed by atoms with van der Waals surface area (Å²) in [5, 5.41) is 3.42. The molecule has 0 amide bonds. The zero-order valence-electron chi connectivity index (χ0n) is 8.79. The van der Waals surface area contributed by atoms with Gasteiger partial charge in [0.05, 0.1) is 0 Å². The van der Waals surface area contributed by atoms with Crippen LogP contribution < -0.4 is 5.32 Å². The van der Waals surface area contributed by atoms with Crippen LogP contribution in [0.4, 0.5) is 0 Å². The zero-order chi connectivity index (χ0) is 9.68. The van der Waals surface area contributed by atoms with Crippen LogP contribution >= 0.6 is 12.6 Å². The van der Waals surface area contributed by atoms with E-state index in [1.54, 1.807) is 0 Å². The van der Waals surface area contributed by atoms with Crippen LogP contribution in [-0.4, -0.2) is 43.9 Å². The van der Waals surface area contributed by atoms with E-state index in [1.165, 1.54) is 32.4 Å². The van der Waals surface area contributed by atoms with E-state index in [4.69, 9.17) is 0 Å². The van der Waals surface area contributed by atoms with Gasteiger partial charge in [0.15, 0.2) is 0 Å². The molecule has 0 aliphatic carbocycles. The van der Waals surface area contributed by atoms with Crippen molar-refractivity contribution in [2.45, 2.75) is 25.3 Å². The molecular weight excluding hydrogens is 180 g/mol. The molecule has 1 heterocycles. The molecule has 1 aliphatic rings. The maximum Gasteiger partial charge on any atom is 0.0101 e. The van der Waals surface area contributed by atoms with Crippen LogP contribution in [0.2, 0.25) is 0 Å². The number of piperidine rings is 1. The molecule has 2 nitrogen and oxygen atoms in total. The van der Waals surface area contributed by atoms with E-state index in [1.807, 2.05) is 0 Å². The molecule has 0 saturated carbocycles. The van der Waals surface area contributed by atoms with Gasteiger partial charge < -0.3 is 10.2 Å². The fourth-order valence-electron chi connectivity index (χ4n) is 2.19. The molecular formula is C10H22N2S. The quantitative estimate of drug-likeness (QED) is 0.667. The van der Waals surface area contributed by atoms with Crippen LogP contribution in [0.3, 0.4) is 0 Å². The highest BCUT2D eigenvalue weighted by molar-refractivity contribution is 7.80. The van der Waals surface area contributed by atoms with Gasteiger partial charge in [-0.15, -0.1) is 0 Å². The molecule has 1 atom stereocenters. The first-order chi connectivity index (χ1) is 6.27. The molecule has 78 valence electrons. The van der Waals surface area contributed by atoms with Crippen LogP contribution in [0.1, 0.15) is 19.3 Å². The highest BCUT2D eigenvalue weighted by atomic mass is 32.1. The summed E-state index contributed by atoms with van der Waals surface area (Å²) in [4.78, 5) is 2.42. The number of nitrogens with one attached hydrogen (secondary N) is 1. The lowest BCUT2D eigenvalue weighted by Gasteiger charge is -2.34. The highest BCUT2D eigenvalue weighted by Gasteiger charge is 2.23. The lowest BCUT2D eigenvalue weighted by atomic mass is 9.88. The number of likely N-dealkylation sites (tertiary alicyclic amines) is 1. The molecule has 13 heavy (non-hydrogen) atoms. The van der Waals surface area contributed by atoms with Crippen molar-refractivity contribution in [1.29, 1.82) is 0 Å². The normalized spacial score (nSPS) is 23.3. The summed E-state index contributed by atoms with van der Waals surface area (Å²) in [6.45, 7) is 2.52. The van der Waals surface area contributed by atoms with E-state index in [-0.39, 0.29) is 0 Å². The van der Waals surface area contributed by atoms with Crippen LogP contribution in [0.5, 0.6) is 0 Å². The van der Waals surface area contributed by atoms with Crippen LogP contribution in [0.25, 0.3) is 0 Å². The molecule has 1 aliphatic heterocycles. The van der Waals surface area contributed by atoms with Crippen molar-refractivity contribution in [3.63, 3.8) is 0 Å². The van der Waals surface area contributed by atoms with Gasteiger partial charge in [-0.25, -0.2) is 0 Å². The summed E-state index contributed by atoms with van der Waals surface area (Å²) in [6.07, 6.45) is 3.89. The van der Waals surface area contributed by atoms with Crippen molar-refractivity contribution in [1.82, 2.24) is 10.2 Å². The monoisotopic (exact) mass is 202 g/mol. The summed E-state index contributed by atoms with van der Waals surface area (Å²) < 4.78 is 0. The smallest absolute Gasteiger partial charge is 0.0101 e. The molecule has 0 radical (unpaired) electrons. The van der Waals surface area contributed by atoms with E-state index in [0.29, 0.717) is 6.04 Å². The Hall–Kier alpha value is 0.270. The third kappa shape index (κ3) is 3.49. The van der Waals surface area contributed by atoms with Gasteiger partial charge in [0.25, 0.3) is 0 Å². The van der Waals surface area contributed by atoms with Gasteiger partial charge in [-0.3, -0.25) is 0 Å². The predicted octanol–water partition coefficient (Wildman–Crippen LogP) is 1.24. The Labute approximate surface area is 87.5 Å². The molecule has 3 heteroatoms. The minimum absolute atomic E-state index is 0.686. The van der Waals surface area contributed by atoms with Crippen molar-refractivity contribution >= 4 is 12.6 Å². The third-order valence-corrected chi connectivity index (χ3v) is 3.40. The lowest BCUT2D eigenvalue weighted by Crippen LogP contribution is -2.41. The standard InChI is InChI=1S/C10H22N2S/c1-11-10(5-8-13)9-3-6-12(2)7-4-9/h9-11,13H,3-8H2,1-2H3. The second kappa shape index (κ2) is 5.89. The van der Waals surface area contributed by atoms with E-state index >= 15 is 0 Å². The lowest BCUT2D eigenvalue weighted by molar-refractivity contribution is 0.186. The largest absolute Gasteiger partial charge is 0.317 e. The number of thiol groups is 1. The predicted molar refractivity (Wildman–Crippen MR) is 61.5 cm³/mol. The minimum atomic E-state index is 0.686. The summed E-state index contributed by atoms with van der Waals surface area (Å²) >= 11 is 4.30. The van der Waals surface area contributed by atoms with Crippen molar-refractivity contribution in [3.8, 4) is 0 Å². The Morgan fingerprint density at radius 1 is 1.46 bits per heavy atom. The maximum atomic E-state index is 4.30. The highest BCUT2D eigenvalue weighted by Crippen LogP contribution is 2.21. The SMILES string of the molecule is CNC(CCS)C1CCN(C)CC1. The van der Waals surface area contributed by atoms with Crippen molar-refractivity contribution < 1.29 is 0 Å². The number of hydrogen-bond donors (Lipinski definition) is 2. The average molecular weight is 202 g/mol. The van der Waals surface area contributed by atoms with Gasteiger partial charge in [-0.1, -0.05) is 0 Å². The van der Waals surface area contributed by atoms with E-state index in [2.05, 4.69) is 36.9 Å². The van der Waals surface area contributed by atoms with Gasteiger partial charge in [-0.2, -0.15) is 12.6 Å². The summed E-state index contributed by atoms with van der Waals surface area (Å²) in [5.41, 5.74) is 0. The second-order valence-corrected chi connectivity index (χ2v) is 4.50. The van der Waals surface area contributed by atoms with Gasteiger partial charge in [0.1, 0.15) is 0 Å². The Bertz CT molecular complexity index is 133. The van der Waals surface area contributed by atoms with Crippen molar-refractivity contribution in [2.75, 3.05) is 32.9 Å². The molecule has 1 unspecified atom stereocenters. The topological polar surface area (TPSA) is 15.3 Å². The maximum absolute atomic E-state index is 4.30. The minimum Gasteiger partial charge on any atom is -0.317 e. The Morgan fingerprint density at radius 3 is 2.54 bits per heavy atom. The van der Waals surface area contributed by atoms with Gasteiger partial charge in [0, 0.05) is 6.04 Å². The molecule has 1 saturated heterocycles. The summed E-state index contributed by atoms with van der Waals surface area (Å²) in [6, 6.07) is 0.686. The molecule has 1 N–H and O–H groups in total. The number of nitrogens with zero attached hydrogens (tertiary/aromatic N) is 1. The summed E-state index contributed by atoms with van der Waals surface area (Å²) in [5.74, 6) is 1.87. The van der Waals surface area contributed by atoms with E-state index in [0.717, 1.165) is 11.7 Å². The molecule has 0 spiro atoms. The van der Waals surface area contributed by atoms with Gasteiger partial charge in [0.2, 0.25) is 0 Å². The fourth-order valence-corrected chi connectivity index (χ4v) is 2.46. The number of rotatable bonds is 4. The molecule has 1 rings (SSSR count). The number of hydrogen-bond acceptors (Lipinski definition) is 3. The Morgan fingerprint density at radius 2 is 2.08 bits per heavy atom. The second-order valence-electron chi connectivity index (χ2n) is 4.05. The van der Waals surface area contributed by atoms with Crippen molar-refractivity contribution in [3.05, 3.63) is 0 Å². The first-order valence-corrected chi connectivity index (χ1v) is 5.88.